The predicted molar refractivity (Wildman–Crippen MR) is 76.3 cm³/mol. The van der Waals surface area contributed by atoms with Gasteiger partial charge in [0.25, 0.3) is 5.91 Å². The highest BCUT2D eigenvalue weighted by atomic mass is 16.2. The van der Waals surface area contributed by atoms with Crippen LogP contribution in [0.25, 0.3) is 0 Å². The molecule has 1 amide bonds. The maximum absolute atomic E-state index is 12.4. The summed E-state index contributed by atoms with van der Waals surface area (Å²) in [6, 6.07) is 10.6. The van der Waals surface area contributed by atoms with E-state index in [1.165, 1.54) is 5.56 Å². The molecule has 0 bridgehead atoms. The van der Waals surface area contributed by atoms with E-state index in [2.05, 4.69) is 34.3 Å². The molecule has 0 aliphatic carbocycles. The monoisotopic (exact) mass is 270 g/mol. The Hall–Kier alpha value is -2.14. The Kier molecular flexibility index (Phi) is 3.52. The first-order chi connectivity index (χ1) is 9.75. The minimum Gasteiger partial charge on any atom is -0.335 e. The molecule has 1 atom stereocenters. The van der Waals surface area contributed by atoms with Crippen molar-refractivity contribution in [3.05, 3.63) is 53.9 Å². The predicted octanol–water partition coefficient (Wildman–Crippen LogP) is 1.54. The van der Waals surface area contributed by atoms with Gasteiger partial charge in [-0.3, -0.25) is 14.8 Å². The smallest absolute Gasteiger partial charge is 0.257 e. The van der Waals surface area contributed by atoms with Gasteiger partial charge in [-0.1, -0.05) is 30.3 Å². The number of benzene rings is 1. The molecule has 1 aromatic heterocycles. The lowest BCUT2D eigenvalue weighted by molar-refractivity contribution is 0.0546. The molecule has 2 heterocycles. The van der Waals surface area contributed by atoms with Crippen LogP contribution in [0.15, 0.2) is 42.7 Å². The molecule has 5 nitrogen and oxygen atoms in total. The van der Waals surface area contributed by atoms with Crippen molar-refractivity contribution in [3.63, 3.8) is 0 Å². The number of amides is 1. The van der Waals surface area contributed by atoms with E-state index in [-0.39, 0.29) is 11.9 Å². The zero-order valence-corrected chi connectivity index (χ0v) is 11.5. The maximum Gasteiger partial charge on any atom is 0.257 e. The van der Waals surface area contributed by atoms with Crippen LogP contribution >= 0.6 is 0 Å². The van der Waals surface area contributed by atoms with Crippen molar-refractivity contribution in [1.29, 1.82) is 0 Å². The fraction of sp³-hybridized carbons (Fsp3) is 0.333. The molecule has 0 saturated carbocycles. The summed E-state index contributed by atoms with van der Waals surface area (Å²) in [6.45, 7) is 2.34. The summed E-state index contributed by atoms with van der Waals surface area (Å²) in [5.74, 6) is 0.0489. The van der Waals surface area contributed by atoms with E-state index in [0.29, 0.717) is 12.1 Å². The minimum atomic E-state index is 0.0489. The molecule has 0 unspecified atom stereocenters. The minimum absolute atomic E-state index is 0.0489. The Morgan fingerprint density at radius 1 is 1.30 bits per heavy atom. The molecular formula is C15H18N4O. The number of nitrogens with zero attached hydrogens (tertiary/aromatic N) is 3. The van der Waals surface area contributed by atoms with E-state index >= 15 is 0 Å². The number of rotatable bonds is 2. The number of aromatic amines is 1. The second kappa shape index (κ2) is 5.46. The fourth-order valence-corrected chi connectivity index (χ4v) is 2.64. The Labute approximate surface area is 118 Å². The number of carbonyl (C=O) groups is 1. The van der Waals surface area contributed by atoms with Gasteiger partial charge in [0.05, 0.1) is 17.8 Å². The third-order valence-corrected chi connectivity index (χ3v) is 3.86. The zero-order chi connectivity index (χ0) is 13.9. The van der Waals surface area contributed by atoms with E-state index in [0.717, 1.165) is 13.1 Å². The van der Waals surface area contributed by atoms with Gasteiger partial charge in [0, 0.05) is 25.8 Å². The number of piperazine rings is 1. The lowest BCUT2D eigenvalue weighted by Crippen LogP contribution is -2.48. The van der Waals surface area contributed by atoms with Gasteiger partial charge in [-0.25, -0.2) is 0 Å². The molecule has 2 aromatic rings. The molecule has 1 N–H and O–H groups in total. The van der Waals surface area contributed by atoms with Crippen LogP contribution in [-0.2, 0) is 0 Å². The summed E-state index contributed by atoms with van der Waals surface area (Å²) in [6.07, 6.45) is 3.23. The van der Waals surface area contributed by atoms with Gasteiger partial charge in [0.2, 0.25) is 0 Å². The summed E-state index contributed by atoms with van der Waals surface area (Å²) >= 11 is 0. The summed E-state index contributed by atoms with van der Waals surface area (Å²) < 4.78 is 0. The number of hydrogen-bond acceptors (Lipinski definition) is 3. The van der Waals surface area contributed by atoms with E-state index in [9.17, 15) is 4.79 Å². The van der Waals surface area contributed by atoms with Crippen molar-refractivity contribution in [2.24, 2.45) is 0 Å². The average Bonchev–Trinajstić information content (AvgIpc) is 3.02. The van der Waals surface area contributed by atoms with Crippen molar-refractivity contribution < 1.29 is 4.79 Å². The van der Waals surface area contributed by atoms with Crippen LogP contribution in [0.3, 0.4) is 0 Å². The van der Waals surface area contributed by atoms with Crippen molar-refractivity contribution in [2.45, 2.75) is 6.04 Å². The van der Waals surface area contributed by atoms with Gasteiger partial charge in [-0.15, -0.1) is 0 Å². The summed E-state index contributed by atoms with van der Waals surface area (Å²) in [5, 5.41) is 6.54. The summed E-state index contributed by atoms with van der Waals surface area (Å²) in [5.41, 5.74) is 1.88. The van der Waals surface area contributed by atoms with Crippen LogP contribution in [0.2, 0.25) is 0 Å². The summed E-state index contributed by atoms with van der Waals surface area (Å²) in [7, 11) is 2.11. The van der Waals surface area contributed by atoms with Gasteiger partial charge in [0.1, 0.15) is 0 Å². The molecule has 0 radical (unpaired) electrons. The van der Waals surface area contributed by atoms with Crippen LogP contribution in [0.5, 0.6) is 0 Å². The average molecular weight is 270 g/mol. The molecule has 104 valence electrons. The van der Waals surface area contributed by atoms with Gasteiger partial charge in [-0.2, -0.15) is 5.10 Å². The molecule has 20 heavy (non-hydrogen) atoms. The number of carbonyl (C=O) groups excluding carboxylic acids is 1. The Balaban J connectivity index is 1.78. The SMILES string of the molecule is CN1CCN(C(=O)c2cn[nH]c2)C[C@@H]1c1ccccc1. The highest BCUT2D eigenvalue weighted by molar-refractivity contribution is 5.93. The Bertz CT molecular complexity index is 567. The number of likely N-dealkylation sites (N-methyl/N-ethyl adjacent to an activating group) is 1. The maximum atomic E-state index is 12.4. The van der Waals surface area contributed by atoms with E-state index in [1.54, 1.807) is 12.4 Å². The molecule has 1 aliphatic heterocycles. The first-order valence-corrected chi connectivity index (χ1v) is 6.79. The van der Waals surface area contributed by atoms with Gasteiger partial charge in [0.15, 0.2) is 0 Å². The van der Waals surface area contributed by atoms with Crippen LogP contribution in [0.4, 0.5) is 0 Å². The second-order valence-electron chi connectivity index (χ2n) is 5.15. The van der Waals surface area contributed by atoms with E-state index in [4.69, 9.17) is 0 Å². The molecular weight excluding hydrogens is 252 g/mol. The third-order valence-electron chi connectivity index (χ3n) is 3.86. The highest BCUT2D eigenvalue weighted by Crippen LogP contribution is 2.24. The number of aromatic nitrogens is 2. The van der Waals surface area contributed by atoms with Crippen LogP contribution in [0.1, 0.15) is 22.0 Å². The van der Waals surface area contributed by atoms with Gasteiger partial charge >= 0.3 is 0 Å². The van der Waals surface area contributed by atoms with Gasteiger partial charge < -0.3 is 4.90 Å². The van der Waals surface area contributed by atoms with Crippen molar-refractivity contribution in [1.82, 2.24) is 20.0 Å². The third kappa shape index (κ3) is 2.44. The molecule has 0 spiro atoms. The van der Waals surface area contributed by atoms with Crippen molar-refractivity contribution in [2.75, 3.05) is 26.7 Å². The van der Waals surface area contributed by atoms with E-state index in [1.807, 2.05) is 23.1 Å². The number of H-pyrrole nitrogens is 1. The largest absolute Gasteiger partial charge is 0.335 e. The number of hydrogen-bond donors (Lipinski definition) is 1. The first-order valence-electron chi connectivity index (χ1n) is 6.79. The lowest BCUT2D eigenvalue weighted by atomic mass is 10.0. The molecule has 3 rings (SSSR count). The van der Waals surface area contributed by atoms with Crippen LogP contribution < -0.4 is 0 Å². The van der Waals surface area contributed by atoms with Crippen molar-refractivity contribution in [3.8, 4) is 0 Å². The fourth-order valence-electron chi connectivity index (χ4n) is 2.64. The van der Waals surface area contributed by atoms with E-state index < -0.39 is 0 Å². The summed E-state index contributed by atoms with van der Waals surface area (Å²) in [4.78, 5) is 16.6. The zero-order valence-electron chi connectivity index (χ0n) is 11.5. The molecule has 5 heteroatoms. The molecule has 1 aliphatic rings. The Morgan fingerprint density at radius 3 is 2.80 bits per heavy atom. The van der Waals surface area contributed by atoms with Crippen molar-refractivity contribution >= 4 is 5.91 Å². The highest BCUT2D eigenvalue weighted by Gasteiger charge is 2.29. The topological polar surface area (TPSA) is 52.2 Å². The van der Waals surface area contributed by atoms with Crippen LogP contribution in [-0.4, -0.2) is 52.6 Å². The second-order valence-corrected chi connectivity index (χ2v) is 5.15. The molecule has 1 saturated heterocycles. The lowest BCUT2D eigenvalue weighted by Gasteiger charge is -2.39. The Morgan fingerprint density at radius 2 is 2.10 bits per heavy atom. The first kappa shape index (κ1) is 12.9. The quantitative estimate of drug-likeness (QED) is 0.900. The number of nitrogens with one attached hydrogen (secondary N) is 1. The molecule has 1 aromatic carbocycles. The standard InChI is InChI=1S/C15H18N4O/c1-18-7-8-19(15(20)13-9-16-17-10-13)11-14(18)12-5-3-2-4-6-12/h2-6,9-10,14H,7-8,11H2,1H3,(H,16,17)/t14-/m1/s1. The normalized spacial score (nSPS) is 20.1. The molecule has 1 fully saturated rings. The van der Waals surface area contributed by atoms with Crippen LogP contribution in [0, 0.1) is 0 Å². The van der Waals surface area contributed by atoms with Gasteiger partial charge in [-0.05, 0) is 12.6 Å².